The molecule has 0 atom stereocenters. The van der Waals surface area contributed by atoms with Crippen LogP contribution in [0, 0.1) is 11.3 Å². The molecule has 1 heterocycles. The van der Waals surface area contributed by atoms with Crippen LogP contribution in [0.1, 0.15) is 12.5 Å². The zero-order chi connectivity index (χ0) is 27.2. The molecule has 4 aromatic rings. The summed E-state index contributed by atoms with van der Waals surface area (Å²) in [4.78, 5) is 26.8. The van der Waals surface area contributed by atoms with Crippen molar-refractivity contribution < 1.29 is 14.3 Å². The normalized spacial score (nSPS) is 12.0. The van der Waals surface area contributed by atoms with E-state index in [4.69, 9.17) is 32.7 Å². The number of carbonyl (C=O) groups excluding carboxylic acids is 1. The summed E-state index contributed by atoms with van der Waals surface area (Å²) in [6, 6.07) is 20.6. The Morgan fingerprint density at radius 2 is 1.87 bits per heavy atom. The largest absolute Gasteiger partial charge is 0.493 e. The van der Waals surface area contributed by atoms with Crippen LogP contribution in [0.25, 0.3) is 17.3 Å². The lowest BCUT2D eigenvalue weighted by atomic mass is 10.2. The standard InChI is InChI=1S/C28H21Cl2N3O4S/c1-3-37-23-12-9-17(13-24(23)36-2)14-25-27(35)33(19-7-5-4-6-8-19)28(38-25)20(16-31)26(34)32-22-11-10-18(29)15-21(22)30/h4-15H,3H2,1-2H3,(H,32,34)/b25-14+,28-20+. The molecule has 0 fully saturated rings. The van der Waals surface area contributed by atoms with Crippen molar-refractivity contribution in [1.82, 2.24) is 4.57 Å². The summed E-state index contributed by atoms with van der Waals surface area (Å²) in [7, 11) is 1.53. The lowest BCUT2D eigenvalue weighted by molar-refractivity contribution is -0.111. The van der Waals surface area contributed by atoms with E-state index in [2.05, 4.69) is 5.32 Å². The molecule has 38 heavy (non-hydrogen) atoms. The summed E-state index contributed by atoms with van der Waals surface area (Å²) in [5, 5.41) is 13.3. The Bertz CT molecular complexity index is 1720. The monoisotopic (exact) mass is 565 g/mol. The number of amides is 1. The number of halogens is 2. The highest BCUT2D eigenvalue weighted by Gasteiger charge is 2.18. The molecule has 0 saturated carbocycles. The first-order valence-electron chi connectivity index (χ1n) is 11.4. The molecule has 0 saturated heterocycles. The molecule has 0 bridgehead atoms. The van der Waals surface area contributed by atoms with Crippen molar-refractivity contribution in [1.29, 1.82) is 5.26 Å². The van der Waals surface area contributed by atoms with Gasteiger partial charge < -0.3 is 14.8 Å². The number of anilines is 1. The number of nitrogens with zero attached hydrogens (tertiary/aromatic N) is 2. The van der Waals surface area contributed by atoms with E-state index in [0.717, 1.165) is 11.3 Å². The third-order valence-corrected chi connectivity index (χ3v) is 7.00. The third-order valence-electron chi connectivity index (χ3n) is 5.36. The van der Waals surface area contributed by atoms with Gasteiger partial charge in [0.05, 0.1) is 34.6 Å². The maximum absolute atomic E-state index is 13.6. The summed E-state index contributed by atoms with van der Waals surface area (Å²) < 4.78 is 12.8. The van der Waals surface area contributed by atoms with Crippen LogP contribution in [0.3, 0.4) is 0 Å². The number of methoxy groups -OCH3 is 1. The summed E-state index contributed by atoms with van der Waals surface area (Å²) in [6.07, 6.45) is 1.68. The fourth-order valence-electron chi connectivity index (χ4n) is 3.63. The topological polar surface area (TPSA) is 93.4 Å². The number of carbonyl (C=O) groups is 1. The van der Waals surface area contributed by atoms with E-state index in [1.165, 1.54) is 23.8 Å². The zero-order valence-corrected chi connectivity index (χ0v) is 22.7. The molecule has 1 amide bonds. The van der Waals surface area contributed by atoms with Crippen molar-refractivity contribution in [3.63, 3.8) is 0 Å². The van der Waals surface area contributed by atoms with Gasteiger partial charge in [0.1, 0.15) is 10.7 Å². The Morgan fingerprint density at radius 1 is 1.11 bits per heavy atom. The van der Waals surface area contributed by atoms with Gasteiger partial charge in [-0.15, -0.1) is 11.3 Å². The Kier molecular flexibility index (Phi) is 8.54. The molecule has 0 aliphatic carbocycles. The summed E-state index contributed by atoms with van der Waals surface area (Å²) in [5.74, 6) is 0.388. The van der Waals surface area contributed by atoms with Gasteiger partial charge in [-0.3, -0.25) is 14.2 Å². The van der Waals surface area contributed by atoms with Crippen molar-refractivity contribution in [3.8, 4) is 23.3 Å². The molecule has 0 aliphatic heterocycles. The molecule has 1 N–H and O–H groups in total. The minimum absolute atomic E-state index is 0.176. The van der Waals surface area contributed by atoms with Crippen LogP contribution in [0.15, 0.2) is 71.5 Å². The highest BCUT2D eigenvalue weighted by molar-refractivity contribution is 7.07. The first-order valence-corrected chi connectivity index (χ1v) is 12.9. The van der Waals surface area contributed by atoms with Gasteiger partial charge in [0.25, 0.3) is 11.5 Å². The number of nitriles is 1. The molecular weight excluding hydrogens is 545 g/mol. The lowest BCUT2D eigenvalue weighted by Gasteiger charge is -2.09. The van der Waals surface area contributed by atoms with Gasteiger partial charge in [0, 0.05) is 5.02 Å². The Labute approximate surface area is 232 Å². The first-order chi connectivity index (χ1) is 18.4. The minimum atomic E-state index is -0.711. The molecule has 0 spiro atoms. The Morgan fingerprint density at radius 3 is 2.53 bits per heavy atom. The first kappa shape index (κ1) is 27.0. The van der Waals surface area contributed by atoms with Crippen LogP contribution in [-0.2, 0) is 4.79 Å². The van der Waals surface area contributed by atoms with Gasteiger partial charge in [-0.1, -0.05) is 47.5 Å². The second-order valence-corrected chi connectivity index (χ2v) is 9.67. The summed E-state index contributed by atoms with van der Waals surface area (Å²) in [5.41, 5.74) is 0.858. The third kappa shape index (κ3) is 5.76. The van der Waals surface area contributed by atoms with Crippen LogP contribution >= 0.6 is 34.5 Å². The van der Waals surface area contributed by atoms with E-state index in [1.807, 2.05) is 19.1 Å². The number of thiazole rings is 1. The summed E-state index contributed by atoms with van der Waals surface area (Å²) in [6.45, 7) is 2.35. The molecule has 1 aromatic heterocycles. The van der Waals surface area contributed by atoms with E-state index in [-0.39, 0.29) is 26.5 Å². The molecule has 7 nitrogen and oxygen atoms in total. The molecule has 0 radical (unpaired) electrons. The van der Waals surface area contributed by atoms with Gasteiger partial charge in [-0.2, -0.15) is 5.26 Å². The number of hydrogen-bond acceptors (Lipinski definition) is 6. The second-order valence-electron chi connectivity index (χ2n) is 7.80. The van der Waals surface area contributed by atoms with Gasteiger partial charge in [-0.25, -0.2) is 0 Å². The molecule has 192 valence electrons. The number of benzene rings is 3. The van der Waals surface area contributed by atoms with Crippen LogP contribution in [0.5, 0.6) is 11.5 Å². The average Bonchev–Trinajstić information content (AvgIpc) is 3.22. The fraction of sp³-hybridized carbons (Fsp3) is 0.107. The molecule has 3 aromatic carbocycles. The second kappa shape index (κ2) is 12.0. The number of nitrogens with one attached hydrogen (secondary N) is 1. The minimum Gasteiger partial charge on any atom is -0.493 e. The van der Waals surface area contributed by atoms with E-state index < -0.39 is 5.91 Å². The number of rotatable bonds is 7. The Hall–Kier alpha value is -4.03. The molecular formula is C28H21Cl2N3O4S. The lowest BCUT2D eigenvalue weighted by Crippen LogP contribution is -2.32. The number of para-hydroxylation sites is 1. The molecule has 0 unspecified atom stereocenters. The van der Waals surface area contributed by atoms with E-state index in [1.54, 1.807) is 54.6 Å². The number of hydrogen-bond donors (Lipinski definition) is 1. The van der Waals surface area contributed by atoms with Gasteiger partial charge in [0.15, 0.2) is 17.1 Å². The van der Waals surface area contributed by atoms with Gasteiger partial charge in [0.2, 0.25) is 0 Å². The number of ether oxygens (including phenoxy) is 2. The Balaban J connectivity index is 1.92. The van der Waals surface area contributed by atoms with Crippen molar-refractivity contribution in [3.05, 3.63) is 102 Å². The SMILES string of the molecule is CCOc1ccc(/C=c2/s/c(=C(\C#N)C(=O)Nc3ccc(Cl)cc3Cl)n(-c3ccccc3)c2=O)cc1OC. The molecule has 4 rings (SSSR count). The van der Waals surface area contributed by atoms with Crippen LogP contribution in [0.4, 0.5) is 5.69 Å². The maximum atomic E-state index is 13.6. The van der Waals surface area contributed by atoms with E-state index in [9.17, 15) is 14.9 Å². The predicted octanol–water partition coefficient (Wildman–Crippen LogP) is 4.75. The smallest absolute Gasteiger partial charge is 0.273 e. The van der Waals surface area contributed by atoms with Crippen LogP contribution < -0.4 is 29.5 Å². The van der Waals surface area contributed by atoms with Crippen molar-refractivity contribution >= 4 is 57.8 Å². The van der Waals surface area contributed by atoms with Gasteiger partial charge >= 0.3 is 0 Å². The van der Waals surface area contributed by atoms with Crippen LogP contribution in [-0.4, -0.2) is 24.2 Å². The summed E-state index contributed by atoms with van der Waals surface area (Å²) >= 11 is 13.2. The highest BCUT2D eigenvalue weighted by atomic mass is 35.5. The maximum Gasteiger partial charge on any atom is 0.273 e. The highest BCUT2D eigenvalue weighted by Crippen LogP contribution is 2.28. The molecule has 0 aliphatic rings. The molecule has 10 heteroatoms. The number of aromatic nitrogens is 1. The average molecular weight is 566 g/mol. The van der Waals surface area contributed by atoms with E-state index >= 15 is 0 Å². The fourth-order valence-corrected chi connectivity index (χ4v) is 5.19. The predicted molar refractivity (Wildman–Crippen MR) is 151 cm³/mol. The quantitative estimate of drug-likeness (QED) is 0.349. The van der Waals surface area contributed by atoms with E-state index in [0.29, 0.717) is 38.9 Å². The zero-order valence-electron chi connectivity index (χ0n) is 20.3. The van der Waals surface area contributed by atoms with Crippen molar-refractivity contribution in [2.45, 2.75) is 6.92 Å². The van der Waals surface area contributed by atoms with Crippen LogP contribution in [0.2, 0.25) is 10.0 Å². The van der Waals surface area contributed by atoms with Crippen molar-refractivity contribution in [2.75, 3.05) is 19.0 Å². The van der Waals surface area contributed by atoms with Gasteiger partial charge in [-0.05, 0) is 61.0 Å². The van der Waals surface area contributed by atoms with Crippen molar-refractivity contribution in [2.24, 2.45) is 0 Å².